The van der Waals surface area contributed by atoms with Crippen LogP contribution in [0.5, 0.6) is 0 Å². The zero-order valence-electron chi connectivity index (χ0n) is 19.8. The van der Waals surface area contributed by atoms with Gasteiger partial charge in [-0.3, -0.25) is 0 Å². The van der Waals surface area contributed by atoms with Gasteiger partial charge in [0.15, 0.2) is 0 Å². The van der Waals surface area contributed by atoms with E-state index in [1.165, 1.54) is 21.5 Å². The summed E-state index contributed by atoms with van der Waals surface area (Å²) < 4.78 is 0. The Morgan fingerprint density at radius 2 is 1.17 bits per heavy atom. The number of nitrogens with zero attached hydrogens (tertiary/aromatic N) is 2. The third-order valence-electron chi connectivity index (χ3n) is 6.65. The fourth-order valence-corrected chi connectivity index (χ4v) is 4.85. The molecule has 1 atom stereocenters. The lowest BCUT2D eigenvalue weighted by molar-refractivity contribution is 0.674. The van der Waals surface area contributed by atoms with E-state index in [2.05, 4.69) is 102 Å². The molecule has 172 valence electrons. The summed E-state index contributed by atoms with van der Waals surface area (Å²) in [5.41, 5.74) is 6.42. The number of hydrogen-bond acceptors (Lipinski definition) is 4. The van der Waals surface area contributed by atoms with Gasteiger partial charge in [0.05, 0.1) is 22.1 Å². The summed E-state index contributed by atoms with van der Waals surface area (Å²) in [6, 6.07) is 34.1. The summed E-state index contributed by atoms with van der Waals surface area (Å²) >= 11 is 0. The van der Waals surface area contributed by atoms with Gasteiger partial charge in [0.2, 0.25) is 0 Å². The highest BCUT2D eigenvalue weighted by Crippen LogP contribution is 2.28. The van der Waals surface area contributed by atoms with Crippen LogP contribution in [0.3, 0.4) is 0 Å². The molecule has 0 spiro atoms. The maximum Gasteiger partial charge on any atom is 0.0730 e. The van der Waals surface area contributed by atoms with Crippen molar-refractivity contribution in [2.75, 3.05) is 17.2 Å². The summed E-state index contributed by atoms with van der Waals surface area (Å²) in [5, 5.41) is 12.1. The minimum atomic E-state index is 0.354. The van der Waals surface area contributed by atoms with Crippen LogP contribution in [-0.2, 0) is 0 Å². The second-order valence-corrected chi connectivity index (χ2v) is 9.22. The Bertz CT molecular complexity index is 1660. The van der Waals surface area contributed by atoms with Crippen molar-refractivity contribution < 1.29 is 0 Å². The highest BCUT2D eigenvalue weighted by molar-refractivity contribution is 6.00. The molecule has 6 aromatic rings. The van der Waals surface area contributed by atoms with Gasteiger partial charge in [0.1, 0.15) is 0 Å². The van der Waals surface area contributed by atoms with Crippen molar-refractivity contribution in [1.82, 2.24) is 9.97 Å². The molecule has 2 heterocycles. The normalized spacial score (nSPS) is 12.4. The molecule has 0 radical (unpaired) electrons. The predicted octanol–water partition coefficient (Wildman–Crippen LogP) is 7.78. The Labute approximate surface area is 205 Å². The summed E-state index contributed by atoms with van der Waals surface area (Å²) in [7, 11) is 0. The van der Waals surface area contributed by atoms with Crippen molar-refractivity contribution in [3.63, 3.8) is 0 Å². The lowest BCUT2D eigenvalue weighted by Crippen LogP contribution is -2.17. The van der Waals surface area contributed by atoms with Crippen LogP contribution in [-0.4, -0.2) is 22.6 Å². The third kappa shape index (κ3) is 4.35. The largest absolute Gasteiger partial charge is 0.384 e. The highest BCUT2D eigenvalue weighted by atomic mass is 14.9. The predicted molar refractivity (Wildman–Crippen MR) is 149 cm³/mol. The molecule has 6 rings (SSSR count). The molecule has 1 unspecified atom stereocenters. The molecule has 2 aromatic heterocycles. The molecular formula is C31H28N4. The molecule has 2 N–H and O–H groups in total. The zero-order chi connectivity index (χ0) is 23.6. The van der Waals surface area contributed by atoms with Gasteiger partial charge in [0, 0.05) is 45.5 Å². The first-order chi connectivity index (χ1) is 17.2. The lowest BCUT2D eigenvalue weighted by atomic mass is 10.1. The summed E-state index contributed by atoms with van der Waals surface area (Å²) in [6.07, 6.45) is 2.13. The zero-order valence-corrected chi connectivity index (χ0v) is 19.8. The van der Waals surface area contributed by atoms with Crippen LogP contribution in [0, 0.1) is 0 Å². The number of hydrogen-bond donors (Lipinski definition) is 2. The van der Waals surface area contributed by atoms with E-state index in [1.807, 2.05) is 12.1 Å². The molecular weight excluding hydrogens is 428 g/mol. The van der Waals surface area contributed by atoms with E-state index in [0.717, 1.165) is 52.8 Å². The van der Waals surface area contributed by atoms with Crippen molar-refractivity contribution in [1.29, 1.82) is 0 Å². The standard InChI is InChI=1S/C31H28N4/c1-21(33-29-15-7-17-31-25(29)20-23-11-3-5-13-27(23)35-31)9-8-18-32-28-14-6-16-30-24(28)19-22-10-2-4-12-26(22)34-30/h2-7,10-17,19-21,32-33H,8-9,18H2,1H3. The van der Waals surface area contributed by atoms with Gasteiger partial charge in [-0.1, -0.05) is 48.5 Å². The van der Waals surface area contributed by atoms with E-state index in [1.54, 1.807) is 0 Å². The second kappa shape index (κ2) is 9.22. The maximum absolute atomic E-state index is 4.84. The smallest absolute Gasteiger partial charge is 0.0730 e. The Hall–Kier alpha value is -4.18. The second-order valence-electron chi connectivity index (χ2n) is 9.22. The number of benzene rings is 4. The first kappa shape index (κ1) is 21.4. The highest BCUT2D eigenvalue weighted by Gasteiger charge is 2.09. The third-order valence-corrected chi connectivity index (χ3v) is 6.65. The molecule has 0 aliphatic carbocycles. The van der Waals surface area contributed by atoms with Crippen molar-refractivity contribution in [3.8, 4) is 0 Å². The molecule has 0 amide bonds. The number of aromatic nitrogens is 2. The molecule has 35 heavy (non-hydrogen) atoms. The molecule has 0 saturated heterocycles. The fraction of sp³-hybridized carbons (Fsp3) is 0.161. The number of nitrogens with one attached hydrogen (secondary N) is 2. The number of para-hydroxylation sites is 2. The van der Waals surface area contributed by atoms with E-state index in [-0.39, 0.29) is 0 Å². The van der Waals surface area contributed by atoms with Crippen molar-refractivity contribution in [2.24, 2.45) is 0 Å². The molecule has 0 saturated carbocycles. The average molecular weight is 457 g/mol. The average Bonchev–Trinajstić information content (AvgIpc) is 2.89. The maximum atomic E-state index is 4.84. The van der Waals surface area contributed by atoms with E-state index in [0.29, 0.717) is 6.04 Å². The molecule has 0 aliphatic heterocycles. The van der Waals surface area contributed by atoms with Gasteiger partial charge in [-0.05, 0) is 68.3 Å². The first-order valence-corrected chi connectivity index (χ1v) is 12.3. The number of pyridine rings is 2. The minimum absolute atomic E-state index is 0.354. The van der Waals surface area contributed by atoms with Crippen LogP contribution < -0.4 is 10.6 Å². The minimum Gasteiger partial charge on any atom is -0.384 e. The summed E-state index contributed by atoms with van der Waals surface area (Å²) in [5.74, 6) is 0. The molecule has 0 bridgehead atoms. The van der Waals surface area contributed by atoms with Gasteiger partial charge in [-0.25, -0.2) is 9.97 Å². The van der Waals surface area contributed by atoms with E-state index in [9.17, 15) is 0 Å². The van der Waals surface area contributed by atoms with Crippen LogP contribution in [0.4, 0.5) is 11.4 Å². The Kier molecular flexibility index (Phi) is 5.63. The van der Waals surface area contributed by atoms with Crippen LogP contribution in [0.25, 0.3) is 43.6 Å². The number of fused-ring (bicyclic) bond motifs is 4. The topological polar surface area (TPSA) is 49.8 Å². The van der Waals surface area contributed by atoms with Gasteiger partial charge < -0.3 is 10.6 Å². The Morgan fingerprint density at radius 3 is 1.83 bits per heavy atom. The van der Waals surface area contributed by atoms with E-state index in [4.69, 9.17) is 9.97 Å². The van der Waals surface area contributed by atoms with Gasteiger partial charge in [-0.15, -0.1) is 0 Å². The van der Waals surface area contributed by atoms with E-state index < -0.39 is 0 Å². The van der Waals surface area contributed by atoms with Crippen molar-refractivity contribution in [3.05, 3.63) is 97.1 Å². The number of rotatable bonds is 7. The molecule has 4 heteroatoms. The first-order valence-electron chi connectivity index (χ1n) is 12.3. The van der Waals surface area contributed by atoms with Gasteiger partial charge in [0.25, 0.3) is 0 Å². The van der Waals surface area contributed by atoms with Crippen molar-refractivity contribution in [2.45, 2.75) is 25.8 Å². The fourth-order valence-electron chi connectivity index (χ4n) is 4.85. The van der Waals surface area contributed by atoms with Crippen LogP contribution >= 0.6 is 0 Å². The van der Waals surface area contributed by atoms with Crippen molar-refractivity contribution >= 4 is 55.0 Å². The molecule has 0 aliphatic rings. The van der Waals surface area contributed by atoms with Gasteiger partial charge >= 0.3 is 0 Å². The van der Waals surface area contributed by atoms with Crippen LogP contribution in [0.1, 0.15) is 19.8 Å². The Morgan fingerprint density at radius 1 is 0.629 bits per heavy atom. The summed E-state index contributed by atoms with van der Waals surface area (Å²) in [6.45, 7) is 3.17. The monoisotopic (exact) mass is 456 g/mol. The SMILES string of the molecule is CC(CCCNc1cccc2nc3ccccc3cc12)Nc1cccc2nc3ccccc3cc12. The lowest BCUT2D eigenvalue weighted by Gasteiger charge is -2.18. The molecule has 4 nitrogen and oxygen atoms in total. The quantitative estimate of drug-likeness (QED) is 0.190. The number of anilines is 2. The van der Waals surface area contributed by atoms with E-state index >= 15 is 0 Å². The molecule has 4 aromatic carbocycles. The van der Waals surface area contributed by atoms with Gasteiger partial charge in [-0.2, -0.15) is 0 Å². The summed E-state index contributed by atoms with van der Waals surface area (Å²) in [4.78, 5) is 9.67. The molecule has 0 fully saturated rings. The Balaban J connectivity index is 1.12. The van der Waals surface area contributed by atoms with Crippen LogP contribution in [0.15, 0.2) is 97.1 Å². The van der Waals surface area contributed by atoms with Crippen LogP contribution in [0.2, 0.25) is 0 Å².